The number of para-hydroxylation sites is 1. The Morgan fingerprint density at radius 2 is 1.84 bits per heavy atom. The van der Waals surface area contributed by atoms with E-state index >= 15 is 0 Å². The van der Waals surface area contributed by atoms with Crippen LogP contribution >= 0.6 is 0 Å². The zero-order chi connectivity index (χ0) is 22.7. The molecule has 0 bridgehead atoms. The van der Waals surface area contributed by atoms with Crippen molar-refractivity contribution in [3.63, 3.8) is 0 Å². The molecule has 31 heavy (non-hydrogen) atoms. The van der Waals surface area contributed by atoms with Crippen molar-refractivity contribution in [1.29, 1.82) is 0 Å². The zero-order valence-corrected chi connectivity index (χ0v) is 17.9. The molecule has 2 aromatic carbocycles. The molecule has 0 amide bonds. The summed E-state index contributed by atoms with van der Waals surface area (Å²) in [5, 5.41) is 0. The Morgan fingerprint density at radius 1 is 1.13 bits per heavy atom. The van der Waals surface area contributed by atoms with Crippen LogP contribution in [0, 0.1) is 11.8 Å². The molecule has 0 aromatic heterocycles. The summed E-state index contributed by atoms with van der Waals surface area (Å²) in [5.74, 6) is 6.23. The smallest absolute Gasteiger partial charge is 0.416 e. The molecule has 0 unspecified atom stereocenters. The minimum absolute atomic E-state index is 0.0564. The third-order valence-corrected chi connectivity index (χ3v) is 5.80. The van der Waals surface area contributed by atoms with Gasteiger partial charge in [-0.15, -0.1) is 0 Å². The number of sulfonamides is 1. The lowest BCUT2D eigenvalue weighted by Gasteiger charge is -2.17. The topological polar surface area (TPSA) is 64.6 Å². The van der Waals surface area contributed by atoms with Gasteiger partial charge >= 0.3 is 6.18 Å². The molecule has 0 fully saturated rings. The molecular formula is C22H22F3NO4S. The van der Waals surface area contributed by atoms with Crippen LogP contribution in [0.15, 0.2) is 42.5 Å². The highest BCUT2D eigenvalue weighted by Gasteiger charge is 2.32. The third-order valence-electron chi connectivity index (χ3n) is 4.50. The number of nitrogens with one attached hydrogen (secondary N) is 1. The molecule has 0 radical (unpaired) electrons. The number of halogens is 3. The summed E-state index contributed by atoms with van der Waals surface area (Å²) >= 11 is 0. The first-order valence-electron chi connectivity index (χ1n) is 9.48. The SMILES string of the molecule is CC1(C)Cc2cccc(OCC#CCNS(=O)(=O)Cc3ccc(C(F)(F)F)cc3)c2O1. The fraction of sp³-hybridized carbons (Fsp3) is 0.364. The summed E-state index contributed by atoms with van der Waals surface area (Å²) in [6, 6.07) is 9.64. The Labute approximate surface area is 179 Å². The molecule has 9 heteroatoms. The van der Waals surface area contributed by atoms with Crippen molar-refractivity contribution < 1.29 is 31.1 Å². The molecule has 2 aromatic rings. The van der Waals surface area contributed by atoms with E-state index in [1.165, 1.54) is 0 Å². The van der Waals surface area contributed by atoms with Crippen LogP contribution in [-0.4, -0.2) is 27.2 Å². The third kappa shape index (κ3) is 6.39. The number of benzene rings is 2. The van der Waals surface area contributed by atoms with E-state index in [2.05, 4.69) is 16.6 Å². The summed E-state index contributed by atoms with van der Waals surface area (Å²) in [5.41, 5.74) is 0.188. The van der Waals surface area contributed by atoms with Crippen LogP contribution in [0.25, 0.3) is 0 Å². The van der Waals surface area contributed by atoms with Gasteiger partial charge in [-0.3, -0.25) is 0 Å². The van der Waals surface area contributed by atoms with Gasteiger partial charge < -0.3 is 9.47 Å². The van der Waals surface area contributed by atoms with Gasteiger partial charge in [0.2, 0.25) is 10.0 Å². The molecule has 0 saturated heterocycles. The molecule has 1 N–H and O–H groups in total. The molecule has 166 valence electrons. The fourth-order valence-corrected chi connectivity index (χ4v) is 4.16. The first kappa shape index (κ1) is 23.0. The lowest BCUT2D eigenvalue weighted by atomic mass is 10.0. The minimum Gasteiger partial charge on any atom is -0.483 e. The van der Waals surface area contributed by atoms with E-state index in [9.17, 15) is 21.6 Å². The number of fused-ring (bicyclic) bond motifs is 1. The molecule has 5 nitrogen and oxygen atoms in total. The monoisotopic (exact) mass is 453 g/mol. The van der Waals surface area contributed by atoms with Gasteiger partial charge in [-0.25, -0.2) is 13.1 Å². The summed E-state index contributed by atoms with van der Waals surface area (Å²) in [4.78, 5) is 0. The lowest BCUT2D eigenvalue weighted by molar-refractivity contribution is -0.137. The number of hydrogen-bond acceptors (Lipinski definition) is 4. The standard InChI is InChI=1S/C22H22F3NO4S/c1-21(2)14-17-6-5-7-19(20(17)30-21)29-13-4-3-12-26-31(27,28)15-16-8-10-18(11-9-16)22(23,24)25/h5-11,26H,12-15H2,1-2H3. The van der Waals surface area contributed by atoms with Gasteiger partial charge in [0.15, 0.2) is 11.5 Å². The molecule has 1 aliphatic rings. The Morgan fingerprint density at radius 3 is 2.52 bits per heavy atom. The molecule has 1 aliphatic heterocycles. The maximum absolute atomic E-state index is 12.6. The second-order valence-corrected chi connectivity index (χ2v) is 9.51. The van der Waals surface area contributed by atoms with Crippen LogP contribution in [0.2, 0.25) is 0 Å². The Balaban J connectivity index is 1.48. The average molecular weight is 453 g/mol. The second kappa shape index (κ2) is 8.81. The lowest BCUT2D eigenvalue weighted by Crippen LogP contribution is -2.25. The van der Waals surface area contributed by atoms with E-state index in [1.54, 1.807) is 6.07 Å². The van der Waals surface area contributed by atoms with Gasteiger partial charge in [-0.05, 0) is 37.6 Å². The average Bonchev–Trinajstić information content (AvgIpc) is 2.98. The van der Waals surface area contributed by atoms with Crippen LogP contribution in [0.3, 0.4) is 0 Å². The highest BCUT2D eigenvalue weighted by Crippen LogP contribution is 2.41. The maximum atomic E-state index is 12.6. The molecule has 0 aliphatic carbocycles. The van der Waals surface area contributed by atoms with Gasteiger partial charge in [-0.2, -0.15) is 13.2 Å². The molecular weight excluding hydrogens is 431 g/mol. The fourth-order valence-electron chi connectivity index (χ4n) is 3.13. The maximum Gasteiger partial charge on any atom is 0.416 e. The highest BCUT2D eigenvalue weighted by molar-refractivity contribution is 7.88. The van der Waals surface area contributed by atoms with E-state index in [-0.39, 0.29) is 24.3 Å². The van der Waals surface area contributed by atoms with Gasteiger partial charge in [-0.1, -0.05) is 36.1 Å². The molecule has 0 saturated carbocycles. The Hall–Kier alpha value is -2.70. The Kier molecular flexibility index (Phi) is 6.53. The van der Waals surface area contributed by atoms with Crippen LogP contribution in [-0.2, 0) is 28.4 Å². The normalized spacial score (nSPS) is 14.9. The van der Waals surface area contributed by atoms with Crippen LogP contribution in [0.1, 0.15) is 30.5 Å². The van der Waals surface area contributed by atoms with Gasteiger partial charge in [0.1, 0.15) is 12.2 Å². The van der Waals surface area contributed by atoms with Crippen molar-refractivity contribution in [2.75, 3.05) is 13.2 Å². The minimum atomic E-state index is -4.46. The number of ether oxygens (including phenoxy) is 2. The molecule has 0 spiro atoms. The molecule has 1 heterocycles. The predicted molar refractivity (Wildman–Crippen MR) is 110 cm³/mol. The van der Waals surface area contributed by atoms with Crippen molar-refractivity contribution in [3.05, 3.63) is 59.2 Å². The van der Waals surface area contributed by atoms with Crippen molar-refractivity contribution in [1.82, 2.24) is 4.72 Å². The summed E-state index contributed by atoms with van der Waals surface area (Å²) in [6.45, 7) is 3.91. The number of alkyl halides is 3. The molecule has 0 atom stereocenters. The van der Waals surface area contributed by atoms with Crippen LogP contribution < -0.4 is 14.2 Å². The molecule has 3 rings (SSSR count). The van der Waals surface area contributed by atoms with Crippen molar-refractivity contribution in [3.8, 4) is 23.3 Å². The first-order chi connectivity index (χ1) is 14.5. The van der Waals surface area contributed by atoms with E-state index in [1.807, 2.05) is 26.0 Å². The quantitative estimate of drug-likeness (QED) is 0.674. The van der Waals surface area contributed by atoms with E-state index in [0.717, 1.165) is 36.2 Å². The van der Waals surface area contributed by atoms with Crippen LogP contribution in [0.4, 0.5) is 13.2 Å². The second-order valence-electron chi connectivity index (χ2n) is 7.70. The first-order valence-corrected chi connectivity index (χ1v) is 11.1. The zero-order valence-electron chi connectivity index (χ0n) is 17.0. The number of rotatable bonds is 6. The predicted octanol–water partition coefficient (Wildman–Crippen LogP) is 3.92. The van der Waals surface area contributed by atoms with E-state index in [0.29, 0.717) is 11.5 Å². The summed E-state index contributed by atoms with van der Waals surface area (Å²) in [6.07, 6.45) is -3.68. The van der Waals surface area contributed by atoms with Gasteiger partial charge in [0.25, 0.3) is 0 Å². The number of hydrogen-bond donors (Lipinski definition) is 1. The van der Waals surface area contributed by atoms with Gasteiger partial charge in [0.05, 0.1) is 17.9 Å². The summed E-state index contributed by atoms with van der Waals surface area (Å²) in [7, 11) is -3.74. The van der Waals surface area contributed by atoms with E-state index in [4.69, 9.17) is 9.47 Å². The van der Waals surface area contributed by atoms with Crippen molar-refractivity contribution in [2.45, 2.75) is 37.8 Å². The largest absolute Gasteiger partial charge is 0.483 e. The van der Waals surface area contributed by atoms with Crippen molar-refractivity contribution in [2.24, 2.45) is 0 Å². The van der Waals surface area contributed by atoms with Gasteiger partial charge in [0, 0.05) is 12.0 Å². The Bertz CT molecular complexity index is 1100. The van der Waals surface area contributed by atoms with Crippen molar-refractivity contribution >= 4 is 10.0 Å². The summed E-state index contributed by atoms with van der Waals surface area (Å²) < 4.78 is 75.7. The highest BCUT2D eigenvalue weighted by atomic mass is 32.2. The van der Waals surface area contributed by atoms with E-state index < -0.39 is 27.5 Å². The van der Waals surface area contributed by atoms with Crippen LogP contribution in [0.5, 0.6) is 11.5 Å².